The quantitative estimate of drug-likeness (QED) is 0.454. The number of ether oxygens (including phenoxy) is 1. The lowest BCUT2D eigenvalue weighted by molar-refractivity contribution is 0.265. The first-order valence-corrected chi connectivity index (χ1v) is 9.08. The number of benzene rings is 1. The highest BCUT2D eigenvalue weighted by Gasteiger charge is 2.31. The Balaban J connectivity index is 1.92. The molecule has 2 unspecified atom stereocenters. The van der Waals surface area contributed by atoms with E-state index in [1.807, 2.05) is 25.2 Å². The van der Waals surface area contributed by atoms with Gasteiger partial charge in [0.1, 0.15) is 12.4 Å². The first-order valence-electron chi connectivity index (χ1n) is 9.08. The third-order valence-corrected chi connectivity index (χ3v) is 4.69. The van der Waals surface area contributed by atoms with E-state index in [9.17, 15) is 0 Å². The van der Waals surface area contributed by atoms with E-state index < -0.39 is 0 Å². The van der Waals surface area contributed by atoms with Crippen LogP contribution < -0.4 is 15.4 Å². The summed E-state index contributed by atoms with van der Waals surface area (Å²) in [6.45, 7) is 13.9. The second-order valence-corrected chi connectivity index (χ2v) is 6.91. The summed E-state index contributed by atoms with van der Waals surface area (Å²) >= 11 is 0. The van der Waals surface area contributed by atoms with Gasteiger partial charge in [0.2, 0.25) is 0 Å². The Bertz CT molecular complexity index is 585. The van der Waals surface area contributed by atoms with E-state index in [1.54, 1.807) is 6.08 Å². The largest absolute Gasteiger partial charge is 0.489 e. The van der Waals surface area contributed by atoms with E-state index in [1.165, 1.54) is 0 Å². The SMILES string of the molecule is C=CCOc1ccccc1CNC(=NC)NC1CN(C(C)C)CC1C. The van der Waals surface area contributed by atoms with Crippen molar-refractivity contribution in [2.45, 2.75) is 39.4 Å². The topological polar surface area (TPSA) is 48.9 Å². The number of likely N-dealkylation sites (tertiary alicyclic amines) is 1. The minimum absolute atomic E-state index is 0.417. The van der Waals surface area contributed by atoms with Crippen LogP contribution in [0.4, 0.5) is 0 Å². The number of nitrogens with zero attached hydrogens (tertiary/aromatic N) is 2. The summed E-state index contributed by atoms with van der Waals surface area (Å²) in [6.07, 6.45) is 1.76. The summed E-state index contributed by atoms with van der Waals surface area (Å²) < 4.78 is 5.72. The second-order valence-electron chi connectivity index (χ2n) is 6.91. The molecule has 0 aliphatic carbocycles. The molecule has 0 aromatic heterocycles. The fourth-order valence-electron chi connectivity index (χ4n) is 3.10. The van der Waals surface area contributed by atoms with Crippen molar-refractivity contribution in [2.75, 3.05) is 26.7 Å². The number of hydrogen-bond acceptors (Lipinski definition) is 3. The molecule has 2 rings (SSSR count). The molecule has 1 fully saturated rings. The van der Waals surface area contributed by atoms with E-state index >= 15 is 0 Å². The molecule has 1 heterocycles. The van der Waals surface area contributed by atoms with Crippen LogP contribution in [0.1, 0.15) is 26.3 Å². The lowest BCUT2D eigenvalue weighted by Crippen LogP contribution is -2.46. The average molecular weight is 345 g/mol. The molecule has 0 bridgehead atoms. The summed E-state index contributed by atoms with van der Waals surface area (Å²) in [7, 11) is 1.81. The van der Waals surface area contributed by atoms with Gasteiger partial charge < -0.3 is 15.4 Å². The van der Waals surface area contributed by atoms with E-state index in [0.29, 0.717) is 31.2 Å². The van der Waals surface area contributed by atoms with Crippen LogP contribution >= 0.6 is 0 Å². The number of aliphatic imine (C=N–C) groups is 1. The maximum absolute atomic E-state index is 5.72. The van der Waals surface area contributed by atoms with Gasteiger partial charge in [0, 0.05) is 44.3 Å². The predicted octanol–water partition coefficient (Wildman–Crippen LogP) is 2.65. The van der Waals surface area contributed by atoms with Gasteiger partial charge in [0.05, 0.1) is 0 Å². The number of nitrogens with one attached hydrogen (secondary N) is 2. The van der Waals surface area contributed by atoms with Crippen molar-refractivity contribution in [1.29, 1.82) is 0 Å². The Hall–Kier alpha value is -2.01. The minimum atomic E-state index is 0.417. The molecular formula is C20H32N4O. The van der Waals surface area contributed by atoms with Crippen LogP contribution in [0.3, 0.4) is 0 Å². The van der Waals surface area contributed by atoms with Crippen LogP contribution in [0.2, 0.25) is 0 Å². The third-order valence-electron chi connectivity index (χ3n) is 4.69. The van der Waals surface area contributed by atoms with Crippen LogP contribution in [0.5, 0.6) is 5.75 Å². The fraction of sp³-hybridized carbons (Fsp3) is 0.550. The molecule has 0 amide bonds. The summed E-state index contributed by atoms with van der Waals surface area (Å²) in [5.74, 6) is 2.32. The Kier molecular flexibility index (Phi) is 7.31. The fourth-order valence-corrected chi connectivity index (χ4v) is 3.10. The summed E-state index contributed by atoms with van der Waals surface area (Å²) in [5.41, 5.74) is 1.11. The highest BCUT2D eigenvalue weighted by atomic mass is 16.5. The standard InChI is InChI=1S/C20H32N4O/c1-6-11-25-19-10-8-7-9-17(19)12-22-20(21-5)23-18-14-24(15(2)3)13-16(18)4/h6-10,15-16,18H,1,11-14H2,2-5H3,(H2,21,22,23). The van der Waals surface area contributed by atoms with Crippen LogP contribution in [-0.4, -0.2) is 49.7 Å². The van der Waals surface area contributed by atoms with E-state index in [0.717, 1.165) is 30.4 Å². The molecule has 5 nitrogen and oxygen atoms in total. The van der Waals surface area contributed by atoms with E-state index in [-0.39, 0.29) is 0 Å². The maximum Gasteiger partial charge on any atom is 0.191 e. The molecule has 25 heavy (non-hydrogen) atoms. The zero-order valence-corrected chi connectivity index (χ0v) is 16.0. The zero-order valence-electron chi connectivity index (χ0n) is 16.0. The van der Waals surface area contributed by atoms with Crippen molar-refractivity contribution >= 4 is 5.96 Å². The smallest absolute Gasteiger partial charge is 0.191 e. The lowest BCUT2D eigenvalue weighted by Gasteiger charge is -2.22. The second kappa shape index (κ2) is 9.47. The molecule has 5 heteroatoms. The molecular weight excluding hydrogens is 312 g/mol. The normalized spacial score (nSPS) is 21.4. The Morgan fingerprint density at radius 3 is 2.80 bits per heavy atom. The molecule has 1 aromatic carbocycles. The number of guanidine groups is 1. The van der Waals surface area contributed by atoms with Gasteiger partial charge in [0.25, 0.3) is 0 Å². The Labute approximate surface area is 152 Å². The average Bonchev–Trinajstić information content (AvgIpc) is 2.98. The molecule has 1 saturated heterocycles. The number of hydrogen-bond donors (Lipinski definition) is 2. The predicted molar refractivity (Wildman–Crippen MR) is 105 cm³/mol. The molecule has 2 N–H and O–H groups in total. The molecule has 138 valence electrons. The van der Waals surface area contributed by atoms with Crippen molar-refractivity contribution in [3.05, 3.63) is 42.5 Å². The van der Waals surface area contributed by atoms with Gasteiger partial charge in [-0.2, -0.15) is 0 Å². The minimum Gasteiger partial charge on any atom is -0.489 e. The Morgan fingerprint density at radius 2 is 2.16 bits per heavy atom. The molecule has 0 saturated carbocycles. The van der Waals surface area contributed by atoms with Crippen LogP contribution in [0.25, 0.3) is 0 Å². The Morgan fingerprint density at radius 1 is 1.40 bits per heavy atom. The van der Waals surface area contributed by atoms with Crippen molar-refractivity contribution in [3.63, 3.8) is 0 Å². The summed E-state index contributed by atoms with van der Waals surface area (Å²) in [4.78, 5) is 6.89. The number of rotatable bonds is 7. The first kappa shape index (κ1) is 19.3. The van der Waals surface area contributed by atoms with Gasteiger partial charge in [-0.25, -0.2) is 0 Å². The van der Waals surface area contributed by atoms with Gasteiger partial charge in [-0.1, -0.05) is 37.8 Å². The van der Waals surface area contributed by atoms with E-state index in [4.69, 9.17) is 4.74 Å². The summed E-state index contributed by atoms with van der Waals surface area (Å²) in [5, 5.41) is 6.98. The van der Waals surface area contributed by atoms with Crippen molar-refractivity contribution in [3.8, 4) is 5.75 Å². The van der Waals surface area contributed by atoms with Crippen LogP contribution in [-0.2, 0) is 6.54 Å². The molecule has 2 atom stereocenters. The highest BCUT2D eigenvalue weighted by molar-refractivity contribution is 5.80. The molecule has 1 aliphatic heterocycles. The van der Waals surface area contributed by atoms with Gasteiger partial charge in [-0.05, 0) is 25.8 Å². The molecule has 0 spiro atoms. The third kappa shape index (κ3) is 5.49. The van der Waals surface area contributed by atoms with Crippen LogP contribution in [0.15, 0.2) is 41.9 Å². The zero-order chi connectivity index (χ0) is 18.2. The monoisotopic (exact) mass is 344 g/mol. The van der Waals surface area contributed by atoms with Crippen molar-refractivity contribution in [2.24, 2.45) is 10.9 Å². The van der Waals surface area contributed by atoms with E-state index in [2.05, 4.69) is 53.9 Å². The first-order chi connectivity index (χ1) is 12.0. The van der Waals surface area contributed by atoms with Crippen molar-refractivity contribution in [1.82, 2.24) is 15.5 Å². The molecule has 0 radical (unpaired) electrons. The number of para-hydroxylation sites is 1. The maximum atomic E-state index is 5.72. The lowest BCUT2D eigenvalue weighted by atomic mass is 10.1. The van der Waals surface area contributed by atoms with Crippen LogP contribution in [0, 0.1) is 5.92 Å². The molecule has 1 aromatic rings. The highest BCUT2D eigenvalue weighted by Crippen LogP contribution is 2.19. The van der Waals surface area contributed by atoms with Gasteiger partial charge in [-0.15, -0.1) is 0 Å². The van der Waals surface area contributed by atoms with Gasteiger partial charge >= 0.3 is 0 Å². The van der Waals surface area contributed by atoms with Crippen molar-refractivity contribution < 1.29 is 4.74 Å². The van der Waals surface area contributed by atoms with Gasteiger partial charge in [0.15, 0.2) is 5.96 Å². The molecule has 1 aliphatic rings. The van der Waals surface area contributed by atoms with Gasteiger partial charge in [-0.3, -0.25) is 9.89 Å². The summed E-state index contributed by atoms with van der Waals surface area (Å²) in [6, 6.07) is 9.05.